The van der Waals surface area contributed by atoms with Crippen LogP contribution in [0.2, 0.25) is 5.02 Å². The van der Waals surface area contributed by atoms with Gasteiger partial charge in [0.1, 0.15) is 5.75 Å². The van der Waals surface area contributed by atoms with E-state index in [4.69, 9.17) is 16.3 Å². The van der Waals surface area contributed by atoms with E-state index in [1.165, 1.54) is 6.07 Å². The van der Waals surface area contributed by atoms with E-state index in [0.29, 0.717) is 22.2 Å². The van der Waals surface area contributed by atoms with Crippen LogP contribution in [0.1, 0.15) is 0 Å². The number of ether oxygens (including phenoxy) is 1. The lowest BCUT2D eigenvalue weighted by atomic mass is 10.3. The molecule has 0 aliphatic rings. The Hall–Kier alpha value is -1.72. The van der Waals surface area contributed by atoms with Gasteiger partial charge in [0.15, 0.2) is 5.75 Å². The van der Waals surface area contributed by atoms with Gasteiger partial charge < -0.3 is 4.74 Å². The van der Waals surface area contributed by atoms with Gasteiger partial charge in [-0.05, 0) is 30.3 Å². The number of anilines is 1. The van der Waals surface area contributed by atoms with Gasteiger partial charge >= 0.3 is 0 Å². The maximum absolute atomic E-state index is 11.3. The largest absolute Gasteiger partial charge is 0.455 e. The highest BCUT2D eigenvalue weighted by Crippen LogP contribution is 2.32. The minimum Gasteiger partial charge on any atom is -0.455 e. The molecule has 1 N–H and O–H groups in total. The van der Waals surface area contributed by atoms with Crippen LogP contribution in [0.3, 0.4) is 0 Å². The van der Waals surface area contributed by atoms with E-state index in [0.717, 1.165) is 6.26 Å². The van der Waals surface area contributed by atoms with Gasteiger partial charge in [0.25, 0.3) is 0 Å². The zero-order chi connectivity index (χ0) is 13.9. The molecule has 0 aromatic heterocycles. The molecule has 6 heteroatoms. The van der Waals surface area contributed by atoms with Crippen LogP contribution in [-0.4, -0.2) is 14.7 Å². The summed E-state index contributed by atoms with van der Waals surface area (Å²) < 4.78 is 30.6. The molecule has 4 nitrogen and oxygen atoms in total. The first-order valence-electron chi connectivity index (χ1n) is 5.44. The minimum atomic E-state index is -3.40. The Morgan fingerprint density at radius 3 is 2.42 bits per heavy atom. The van der Waals surface area contributed by atoms with E-state index in [2.05, 4.69) is 4.72 Å². The summed E-state index contributed by atoms with van der Waals surface area (Å²) in [5, 5.41) is 0.423. The number of benzene rings is 2. The molecule has 0 saturated carbocycles. The smallest absolute Gasteiger partial charge is 0.229 e. The molecule has 0 aliphatic heterocycles. The summed E-state index contributed by atoms with van der Waals surface area (Å²) in [6.07, 6.45) is 1.07. The first kappa shape index (κ1) is 13.7. The van der Waals surface area contributed by atoms with E-state index in [1.807, 2.05) is 18.2 Å². The molecule has 2 rings (SSSR count). The van der Waals surface area contributed by atoms with Crippen LogP contribution in [0.25, 0.3) is 0 Å². The van der Waals surface area contributed by atoms with E-state index in [1.54, 1.807) is 24.3 Å². The van der Waals surface area contributed by atoms with Gasteiger partial charge in [-0.3, -0.25) is 4.72 Å². The lowest BCUT2D eigenvalue weighted by molar-refractivity contribution is 0.485. The summed E-state index contributed by atoms with van der Waals surface area (Å²) in [6.45, 7) is 0. The average molecular weight is 298 g/mol. The van der Waals surface area contributed by atoms with Crippen LogP contribution in [-0.2, 0) is 10.0 Å². The van der Waals surface area contributed by atoms with E-state index >= 15 is 0 Å². The number of sulfonamides is 1. The van der Waals surface area contributed by atoms with E-state index in [-0.39, 0.29) is 0 Å². The molecule has 0 atom stereocenters. The fourth-order valence-corrected chi connectivity index (χ4v) is 2.22. The highest BCUT2D eigenvalue weighted by molar-refractivity contribution is 7.92. The molecule has 0 spiro atoms. The standard InChI is InChI=1S/C13H12ClNO3S/c1-19(16,17)15-12-9-10(14)7-8-13(12)18-11-5-3-2-4-6-11/h2-9,15H,1H3. The fourth-order valence-electron chi connectivity index (χ4n) is 1.49. The third-order valence-electron chi connectivity index (χ3n) is 2.21. The van der Waals surface area contributed by atoms with Crippen molar-refractivity contribution in [2.24, 2.45) is 0 Å². The van der Waals surface area contributed by atoms with Gasteiger partial charge in [-0.15, -0.1) is 0 Å². The fraction of sp³-hybridized carbons (Fsp3) is 0.0769. The van der Waals surface area contributed by atoms with Crippen LogP contribution >= 0.6 is 11.6 Å². The Balaban J connectivity index is 2.34. The SMILES string of the molecule is CS(=O)(=O)Nc1cc(Cl)ccc1Oc1ccccc1. The Kier molecular flexibility index (Phi) is 3.97. The van der Waals surface area contributed by atoms with Crippen molar-refractivity contribution in [1.29, 1.82) is 0 Å². The molecular weight excluding hydrogens is 286 g/mol. The molecule has 0 radical (unpaired) electrons. The zero-order valence-electron chi connectivity index (χ0n) is 10.1. The number of nitrogens with one attached hydrogen (secondary N) is 1. The second kappa shape index (κ2) is 5.50. The second-order valence-electron chi connectivity index (χ2n) is 3.93. The van der Waals surface area contributed by atoms with Crippen molar-refractivity contribution in [3.63, 3.8) is 0 Å². The van der Waals surface area contributed by atoms with Gasteiger partial charge in [0.05, 0.1) is 11.9 Å². The minimum absolute atomic E-state index is 0.304. The summed E-state index contributed by atoms with van der Waals surface area (Å²) >= 11 is 5.86. The van der Waals surface area contributed by atoms with Crippen molar-refractivity contribution < 1.29 is 13.2 Å². The van der Waals surface area contributed by atoms with Crippen LogP contribution < -0.4 is 9.46 Å². The lowest BCUT2D eigenvalue weighted by Gasteiger charge is -2.12. The van der Waals surface area contributed by atoms with Crippen molar-refractivity contribution in [3.05, 3.63) is 53.6 Å². The quantitative estimate of drug-likeness (QED) is 0.939. The molecule has 0 aliphatic carbocycles. The summed E-state index contributed by atoms with van der Waals surface area (Å²) in [4.78, 5) is 0. The van der Waals surface area contributed by atoms with Crippen molar-refractivity contribution in [2.75, 3.05) is 11.0 Å². The molecule has 0 fully saturated rings. The summed E-state index contributed by atoms with van der Waals surface area (Å²) in [7, 11) is -3.40. The maximum Gasteiger partial charge on any atom is 0.229 e. The van der Waals surface area contributed by atoms with Gasteiger partial charge in [-0.1, -0.05) is 29.8 Å². The predicted molar refractivity (Wildman–Crippen MR) is 76.4 cm³/mol. The summed E-state index contributed by atoms with van der Waals surface area (Å²) in [6, 6.07) is 13.8. The molecule has 100 valence electrons. The number of hydrogen-bond acceptors (Lipinski definition) is 3. The molecular formula is C13H12ClNO3S. The predicted octanol–water partition coefficient (Wildman–Crippen LogP) is 3.50. The molecule has 0 heterocycles. The molecule has 2 aromatic carbocycles. The first-order valence-corrected chi connectivity index (χ1v) is 7.71. The highest BCUT2D eigenvalue weighted by atomic mass is 35.5. The molecule has 0 bridgehead atoms. The number of halogens is 1. The van der Waals surface area contributed by atoms with Crippen LogP contribution in [0, 0.1) is 0 Å². The van der Waals surface area contributed by atoms with Crippen molar-refractivity contribution in [2.45, 2.75) is 0 Å². The third-order valence-corrected chi connectivity index (χ3v) is 3.03. The van der Waals surface area contributed by atoms with Crippen molar-refractivity contribution in [3.8, 4) is 11.5 Å². The Bertz CT molecular complexity index is 672. The van der Waals surface area contributed by atoms with Crippen LogP contribution in [0.15, 0.2) is 48.5 Å². The van der Waals surface area contributed by atoms with Crippen molar-refractivity contribution in [1.82, 2.24) is 0 Å². The zero-order valence-corrected chi connectivity index (χ0v) is 11.7. The van der Waals surface area contributed by atoms with Gasteiger partial charge in [0, 0.05) is 5.02 Å². The Morgan fingerprint density at radius 1 is 1.11 bits per heavy atom. The number of hydrogen-bond donors (Lipinski definition) is 1. The van der Waals surface area contributed by atoms with Crippen LogP contribution in [0.4, 0.5) is 5.69 Å². The Labute approximate surface area is 117 Å². The monoisotopic (exact) mass is 297 g/mol. The lowest BCUT2D eigenvalue weighted by Crippen LogP contribution is -2.10. The molecule has 0 saturated heterocycles. The molecule has 0 amide bonds. The first-order chi connectivity index (χ1) is 8.94. The topological polar surface area (TPSA) is 55.4 Å². The maximum atomic E-state index is 11.3. The second-order valence-corrected chi connectivity index (χ2v) is 6.11. The molecule has 19 heavy (non-hydrogen) atoms. The number of para-hydroxylation sites is 1. The Morgan fingerprint density at radius 2 is 1.79 bits per heavy atom. The molecule has 0 unspecified atom stereocenters. The molecule has 2 aromatic rings. The van der Waals surface area contributed by atoms with Gasteiger partial charge in [0.2, 0.25) is 10.0 Å². The average Bonchev–Trinajstić information content (AvgIpc) is 2.32. The number of rotatable bonds is 4. The normalized spacial score (nSPS) is 11.1. The van der Waals surface area contributed by atoms with E-state index < -0.39 is 10.0 Å². The highest BCUT2D eigenvalue weighted by Gasteiger charge is 2.10. The van der Waals surface area contributed by atoms with Crippen molar-refractivity contribution >= 4 is 27.3 Å². The summed E-state index contributed by atoms with van der Waals surface area (Å²) in [5.74, 6) is 1.00. The third kappa shape index (κ3) is 4.15. The van der Waals surface area contributed by atoms with E-state index in [9.17, 15) is 8.42 Å². The van der Waals surface area contributed by atoms with Gasteiger partial charge in [-0.25, -0.2) is 8.42 Å². The van der Waals surface area contributed by atoms with Gasteiger partial charge in [-0.2, -0.15) is 0 Å². The summed E-state index contributed by atoms with van der Waals surface area (Å²) in [5.41, 5.74) is 0.304. The van der Waals surface area contributed by atoms with Crippen LogP contribution in [0.5, 0.6) is 11.5 Å².